The molecule has 1 aromatic rings. The normalized spacial score (nSPS) is 45.1. The Morgan fingerprint density at radius 2 is 2.35 bits per heavy atom. The first-order chi connectivity index (χ1) is 8.18. The van der Waals surface area contributed by atoms with E-state index >= 15 is 0 Å². The average molecular weight is 241 g/mol. The molecule has 2 bridgehead atoms. The summed E-state index contributed by atoms with van der Waals surface area (Å²) in [4.78, 5) is 3.91. The number of imidazole rings is 1. The lowest BCUT2D eigenvalue weighted by Gasteiger charge is -2.42. The van der Waals surface area contributed by atoms with E-state index in [9.17, 15) is 10.2 Å². The Labute approximate surface area is 97.8 Å². The highest BCUT2D eigenvalue weighted by Crippen LogP contribution is 2.41. The largest absolute Gasteiger partial charge is 0.388 e. The van der Waals surface area contributed by atoms with Crippen LogP contribution >= 0.6 is 0 Å². The van der Waals surface area contributed by atoms with E-state index in [-0.39, 0.29) is 13.2 Å². The van der Waals surface area contributed by atoms with Gasteiger partial charge in [-0.25, -0.2) is 4.98 Å². The second-order valence-corrected chi connectivity index (χ2v) is 4.50. The summed E-state index contributed by atoms with van der Waals surface area (Å²) >= 11 is 0. The van der Waals surface area contributed by atoms with Crippen molar-refractivity contribution >= 4 is 0 Å². The minimum Gasteiger partial charge on any atom is -0.388 e. The minimum absolute atomic E-state index is 0.109. The molecule has 0 aromatic carbocycles. The zero-order chi connectivity index (χ0) is 12.0. The second-order valence-electron chi connectivity index (χ2n) is 4.50. The van der Waals surface area contributed by atoms with Gasteiger partial charge in [-0.3, -0.25) is 0 Å². The van der Waals surface area contributed by atoms with Crippen LogP contribution in [0.3, 0.4) is 0 Å². The highest BCUT2D eigenvalue weighted by molar-refractivity contribution is 5.06. The molecule has 3 heterocycles. The van der Waals surface area contributed by atoms with Gasteiger partial charge in [-0.05, 0) is 0 Å². The topological polar surface area (TPSA) is 103 Å². The van der Waals surface area contributed by atoms with E-state index in [0.29, 0.717) is 0 Å². The van der Waals surface area contributed by atoms with Crippen molar-refractivity contribution in [3.05, 3.63) is 18.7 Å². The molecule has 2 fully saturated rings. The van der Waals surface area contributed by atoms with Crippen molar-refractivity contribution in [1.82, 2.24) is 9.55 Å². The van der Waals surface area contributed by atoms with Gasteiger partial charge in [-0.1, -0.05) is 0 Å². The lowest BCUT2D eigenvalue weighted by Crippen LogP contribution is -2.61. The number of hydrogen-bond donors (Lipinski definition) is 3. The Kier molecular flexibility index (Phi) is 2.46. The Morgan fingerprint density at radius 1 is 1.53 bits per heavy atom. The van der Waals surface area contributed by atoms with Crippen molar-refractivity contribution in [3.63, 3.8) is 0 Å². The molecular weight excluding hydrogens is 226 g/mol. The van der Waals surface area contributed by atoms with Crippen molar-refractivity contribution in [3.8, 4) is 0 Å². The number of rotatable bonds is 2. The van der Waals surface area contributed by atoms with Crippen LogP contribution in [0.25, 0.3) is 0 Å². The lowest BCUT2D eigenvalue weighted by atomic mass is 9.88. The smallest absolute Gasteiger partial charge is 0.181 e. The molecule has 5 atom stereocenters. The molecule has 3 rings (SSSR count). The van der Waals surface area contributed by atoms with Crippen LogP contribution in [0, 0.1) is 0 Å². The number of ether oxygens (including phenoxy) is 2. The van der Waals surface area contributed by atoms with Crippen LogP contribution < -0.4 is 5.73 Å². The fraction of sp³-hybridized carbons (Fsp3) is 0.700. The van der Waals surface area contributed by atoms with E-state index in [4.69, 9.17) is 15.2 Å². The molecule has 0 saturated carbocycles. The van der Waals surface area contributed by atoms with Gasteiger partial charge in [0.2, 0.25) is 0 Å². The quantitative estimate of drug-likeness (QED) is 0.566. The molecular formula is C10H15N3O4. The van der Waals surface area contributed by atoms with E-state index in [1.807, 2.05) is 0 Å². The number of aromatic nitrogens is 2. The molecule has 2 unspecified atom stereocenters. The maximum atomic E-state index is 10.2. The maximum Gasteiger partial charge on any atom is 0.181 e. The van der Waals surface area contributed by atoms with Gasteiger partial charge in [-0.15, -0.1) is 0 Å². The van der Waals surface area contributed by atoms with Crippen LogP contribution in [0.1, 0.15) is 6.04 Å². The molecule has 0 aliphatic carbocycles. The van der Waals surface area contributed by atoms with Crippen LogP contribution in [0.15, 0.2) is 18.7 Å². The summed E-state index contributed by atoms with van der Waals surface area (Å²) in [5.41, 5.74) is 4.61. The second kappa shape index (κ2) is 3.76. The van der Waals surface area contributed by atoms with E-state index in [0.717, 1.165) is 0 Å². The van der Waals surface area contributed by atoms with Crippen molar-refractivity contribution in [2.45, 2.75) is 30.1 Å². The molecule has 0 spiro atoms. The van der Waals surface area contributed by atoms with Crippen molar-refractivity contribution in [2.75, 3.05) is 13.2 Å². The zero-order valence-corrected chi connectivity index (χ0v) is 9.14. The first-order valence-corrected chi connectivity index (χ1v) is 5.51. The summed E-state index contributed by atoms with van der Waals surface area (Å²) in [6, 6.07) is -0.505. The van der Waals surface area contributed by atoms with Crippen LogP contribution in [0.2, 0.25) is 0 Å². The first kappa shape index (κ1) is 11.1. The van der Waals surface area contributed by atoms with Gasteiger partial charge in [0.05, 0.1) is 12.9 Å². The molecule has 0 radical (unpaired) electrons. The Balaban J connectivity index is 1.94. The standard InChI is InChI=1S/C10H15N3O4/c11-3-10-4-16-9(17-10)6(7(14)8(10)15)13-2-1-12-5-13/h1-2,5-9,14-15H,3-4,11H2/t6?,7-,8-,9?,10+/m1/s1. The van der Waals surface area contributed by atoms with Gasteiger partial charge in [0, 0.05) is 18.9 Å². The Bertz CT molecular complexity index is 398. The van der Waals surface area contributed by atoms with Crippen LogP contribution in [-0.2, 0) is 9.47 Å². The number of nitrogens with zero attached hydrogens (tertiary/aromatic N) is 2. The summed E-state index contributed by atoms with van der Waals surface area (Å²) in [5, 5.41) is 20.3. The average Bonchev–Trinajstić information content (AvgIpc) is 2.96. The van der Waals surface area contributed by atoms with Gasteiger partial charge in [0.1, 0.15) is 23.9 Å². The first-order valence-electron chi connectivity index (χ1n) is 5.51. The predicted octanol–water partition coefficient (Wildman–Crippen LogP) is -1.77. The van der Waals surface area contributed by atoms with E-state index in [1.165, 1.54) is 0 Å². The molecule has 2 aliphatic rings. The van der Waals surface area contributed by atoms with Gasteiger partial charge in [0.25, 0.3) is 0 Å². The Hall–Kier alpha value is -0.990. The van der Waals surface area contributed by atoms with E-state index < -0.39 is 30.1 Å². The van der Waals surface area contributed by atoms with Crippen LogP contribution in [0.4, 0.5) is 0 Å². The number of aliphatic hydroxyl groups is 2. The van der Waals surface area contributed by atoms with Gasteiger partial charge < -0.3 is 30.0 Å². The monoisotopic (exact) mass is 241 g/mol. The van der Waals surface area contributed by atoms with Crippen molar-refractivity contribution in [1.29, 1.82) is 0 Å². The number of fused-ring (bicyclic) bond motifs is 2. The third-order valence-corrected chi connectivity index (χ3v) is 3.55. The maximum absolute atomic E-state index is 10.2. The van der Waals surface area contributed by atoms with E-state index in [1.54, 1.807) is 23.3 Å². The molecule has 94 valence electrons. The van der Waals surface area contributed by atoms with E-state index in [2.05, 4.69) is 4.98 Å². The minimum atomic E-state index is -1.07. The molecule has 17 heavy (non-hydrogen) atoms. The lowest BCUT2D eigenvalue weighted by molar-refractivity contribution is -0.231. The highest BCUT2D eigenvalue weighted by atomic mass is 16.7. The van der Waals surface area contributed by atoms with Crippen molar-refractivity contribution < 1.29 is 19.7 Å². The summed E-state index contributed by atoms with van der Waals surface area (Å²) in [5.74, 6) is 0. The molecule has 2 saturated heterocycles. The summed E-state index contributed by atoms with van der Waals surface area (Å²) in [7, 11) is 0. The summed E-state index contributed by atoms with van der Waals surface area (Å²) < 4.78 is 12.8. The molecule has 2 aliphatic heterocycles. The molecule has 1 aromatic heterocycles. The summed E-state index contributed by atoms with van der Waals surface area (Å²) in [6.07, 6.45) is 2.18. The number of nitrogens with two attached hydrogens (primary N) is 1. The highest BCUT2D eigenvalue weighted by Gasteiger charge is 2.58. The fourth-order valence-corrected chi connectivity index (χ4v) is 2.50. The van der Waals surface area contributed by atoms with Crippen LogP contribution in [0.5, 0.6) is 0 Å². The number of aliphatic hydroxyl groups excluding tert-OH is 2. The Morgan fingerprint density at radius 3 is 3.00 bits per heavy atom. The molecule has 0 amide bonds. The zero-order valence-electron chi connectivity index (χ0n) is 9.14. The predicted molar refractivity (Wildman–Crippen MR) is 55.9 cm³/mol. The molecule has 4 N–H and O–H groups in total. The summed E-state index contributed by atoms with van der Waals surface area (Å²) in [6.45, 7) is 0.302. The SMILES string of the molecule is NC[C@@]12COC(O1)C(n1ccnc1)[C@@H](O)[C@H]2O. The fourth-order valence-electron chi connectivity index (χ4n) is 2.50. The van der Waals surface area contributed by atoms with Crippen molar-refractivity contribution in [2.24, 2.45) is 5.73 Å². The number of hydrogen-bond acceptors (Lipinski definition) is 6. The van der Waals surface area contributed by atoms with Gasteiger partial charge in [0.15, 0.2) is 6.29 Å². The molecule has 7 nitrogen and oxygen atoms in total. The third-order valence-electron chi connectivity index (χ3n) is 3.55. The van der Waals surface area contributed by atoms with Gasteiger partial charge >= 0.3 is 0 Å². The molecule has 7 heteroatoms. The third kappa shape index (κ3) is 1.44. The van der Waals surface area contributed by atoms with Crippen LogP contribution in [-0.4, -0.2) is 57.0 Å². The van der Waals surface area contributed by atoms with Gasteiger partial charge in [-0.2, -0.15) is 0 Å².